The van der Waals surface area contributed by atoms with Gasteiger partial charge < -0.3 is 4.90 Å². The lowest BCUT2D eigenvalue weighted by molar-refractivity contribution is -0.122. The molecule has 2 aliphatic rings. The van der Waals surface area contributed by atoms with Crippen LogP contribution in [-0.4, -0.2) is 30.9 Å². The van der Waals surface area contributed by atoms with Gasteiger partial charge >= 0.3 is 6.03 Å². The van der Waals surface area contributed by atoms with Crippen LogP contribution in [0.5, 0.6) is 0 Å². The van der Waals surface area contributed by atoms with Crippen molar-refractivity contribution in [3.8, 4) is 0 Å². The number of carbonyl (C=O) groups is 3. The zero-order chi connectivity index (χ0) is 19.7. The normalized spacial score (nSPS) is 18.8. The van der Waals surface area contributed by atoms with Gasteiger partial charge in [0.1, 0.15) is 5.57 Å². The summed E-state index contributed by atoms with van der Waals surface area (Å²) in [5.41, 5.74) is 3.16. The second-order valence-corrected chi connectivity index (χ2v) is 7.08. The molecule has 0 atom stereocenters. The van der Waals surface area contributed by atoms with E-state index in [0.29, 0.717) is 5.69 Å². The SMILES string of the molecule is Cc1cccc(N2C(=O)NC(=O)/C(=C\c3ccc(N4CCCC4)cc3)C2=O)c1. The van der Waals surface area contributed by atoms with Gasteiger partial charge in [-0.2, -0.15) is 0 Å². The molecule has 4 amide bonds. The van der Waals surface area contributed by atoms with Gasteiger partial charge in [-0.3, -0.25) is 14.9 Å². The number of aryl methyl sites for hydroxylation is 1. The lowest BCUT2D eigenvalue weighted by atomic mass is 10.1. The average molecular weight is 375 g/mol. The zero-order valence-corrected chi connectivity index (χ0v) is 15.6. The van der Waals surface area contributed by atoms with Crippen LogP contribution < -0.4 is 15.1 Å². The number of hydrogen-bond donors (Lipinski definition) is 1. The number of urea groups is 1. The molecule has 6 nitrogen and oxygen atoms in total. The number of nitrogens with zero attached hydrogens (tertiary/aromatic N) is 2. The fourth-order valence-electron chi connectivity index (χ4n) is 3.58. The van der Waals surface area contributed by atoms with E-state index in [1.165, 1.54) is 18.9 Å². The van der Waals surface area contributed by atoms with Crippen molar-refractivity contribution in [3.63, 3.8) is 0 Å². The number of benzene rings is 2. The van der Waals surface area contributed by atoms with E-state index in [-0.39, 0.29) is 5.57 Å². The molecule has 2 aliphatic heterocycles. The number of anilines is 2. The van der Waals surface area contributed by atoms with Gasteiger partial charge in [0.2, 0.25) is 0 Å². The Morgan fingerprint density at radius 3 is 2.32 bits per heavy atom. The van der Waals surface area contributed by atoms with Gasteiger partial charge in [-0.05, 0) is 61.2 Å². The highest BCUT2D eigenvalue weighted by Gasteiger charge is 2.36. The molecule has 142 valence electrons. The largest absolute Gasteiger partial charge is 0.372 e. The van der Waals surface area contributed by atoms with Gasteiger partial charge in [0, 0.05) is 18.8 Å². The third kappa shape index (κ3) is 3.41. The second kappa shape index (κ2) is 7.31. The standard InChI is InChI=1S/C22H21N3O3/c1-15-5-4-6-18(13-15)25-21(27)19(20(26)23-22(25)28)14-16-7-9-17(10-8-16)24-11-2-3-12-24/h4-10,13-14H,2-3,11-12H2,1H3,(H,23,26,28)/b19-14+. The first-order valence-electron chi connectivity index (χ1n) is 9.36. The maximum atomic E-state index is 12.9. The quantitative estimate of drug-likeness (QED) is 0.660. The molecule has 2 heterocycles. The smallest absolute Gasteiger partial charge is 0.335 e. The molecule has 2 aromatic carbocycles. The van der Waals surface area contributed by atoms with Crippen molar-refractivity contribution in [3.05, 3.63) is 65.2 Å². The second-order valence-electron chi connectivity index (χ2n) is 7.08. The Labute approximate surface area is 163 Å². The van der Waals surface area contributed by atoms with E-state index in [1.54, 1.807) is 18.2 Å². The molecule has 2 fully saturated rings. The van der Waals surface area contributed by atoms with Crippen LogP contribution in [0.2, 0.25) is 0 Å². The molecule has 4 rings (SSSR count). The van der Waals surface area contributed by atoms with Crippen molar-refractivity contribution >= 4 is 35.3 Å². The molecule has 6 heteroatoms. The lowest BCUT2D eigenvalue weighted by Gasteiger charge is -2.26. The molecule has 0 aliphatic carbocycles. The van der Waals surface area contributed by atoms with Crippen LogP contribution in [0.3, 0.4) is 0 Å². The molecule has 0 bridgehead atoms. The van der Waals surface area contributed by atoms with Gasteiger partial charge in [-0.1, -0.05) is 24.3 Å². The van der Waals surface area contributed by atoms with Crippen LogP contribution in [0.25, 0.3) is 6.08 Å². The third-order valence-electron chi connectivity index (χ3n) is 5.04. The Morgan fingerprint density at radius 2 is 1.64 bits per heavy atom. The van der Waals surface area contributed by atoms with Crippen molar-refractivity contribution < 1.29 is 14.4 Å². The number of nitrogens with one attached hydrogen (secondary N) is 1. The highest BCUT2D eigenvalue weighted by molar-refractivity contribution is 6.39. The summed E-state index contributed by atoms with van der Waals surface area (Å²) in [5.74, 6) is -1.30. The third-order valence-corrected chi connectivity index (χ3v) is 5.04. The molecule has 0 radical (unpaired) electrons. The van der Waals surface area contributed by atoms with Crippen LogP contribution in [0.1, 0.15) is 24.0 Å². The maximum absolute atomic E-state index is 12.9. The van der Waals surface area contributed by atoms with E-state index in [4.69, 9.17) is 0 Å². The molecule has 2 aromatic rings. The van der Waals surface area contributed by atoms with Gasteiger partial charge in [0.25, 0.3) is 11.8 Å². The first-order chi connectivity index (χ1) is 13.5. The zero-order valence-electron chi connectivity index (χ0n) is 15.6. The predicted molar refractivity (Wildman–Crippen MR) is 108 cm³/mol. The summed E-state index contributed by atoms with van der Waals surface area (Å²) in [7, 11) is 0. The topological polar surface area (TPSA) is 69.7 Å². The van der Waals surface area contributed by atoms with Crippen molar-refractivity contribution in [1.82, 2.24) is 5.32 Å². The Bertz CT molecular complexity index is 973. The summed E-state index contributed by atoms with van der Waals surface area (Å²) >= 11 is 0. The number of rotatable bonds is 3. The van der Waals surface area contributed by atoms with Gasteiger partial charge in [0.05, 0.1) is 5.69 Å². The highest BCUT2D eigenvalue weighted by atomic mass is 16.2. The fourth-order valence-corrected chi connectivity index (χ4v) is 3.58. The van der Waals surface area contributed by atoms with Crippen molar-refractivity contribution in [2.45, 2.75) is 19.8 Å². The Hall–Kier alpha value is -3.41. The van der Waals surface area contributed by atoms with Gasteiger partial charge in [-0.15, -0.1) is 0 Å². The van der Waals surface area contributed by atoms with E-state index >= 15 is 0 Å². The predicted octanol–water partition coefficient (Wildman–Crippen LogP) is 3.26. The molecular weight excluding hydrogens is 354 g/mol. The van der Waals surface area contributed by atoms with Crippen LogP contribution in [0, 0.1) is 6.92 Å². The molecule has 1 N–H and O–H groups in total. The molecule has 0 spiro atoms. The maximum Gasteiger partial charge on any atom is 0.335 e. The number of carbonyl (C=O) groups excluding carboxylic acids is 3. The van der Waals surface area contributed by atoms with Gasteiger partial charge in [-0.25, -0.2) is 9.69 Å². The first kappa shape index (κ1) is 18.0. The number of amides is 4. The van der Waals surface area contributed by atoms with E-state index in [2.05, 4.69) is 10.2 Å². The first-order valence-corrected chi connectivity index (χ1v) is 9.36. The molecule has 0 saturated carbocycles. The van der Waals surface area contributed by atoms with Crippen LogP contribution in [0.4, 0.5) is 16.2 Å². The van der Waals surface area contributed by atoms with Crippen LogP contribution >= 0.6 is 0 Å². The number of imide groups is 2. The van der Waals surface area contributed by atoms with E-state index in [9.17, 15) is 14.4 Å². The summed E-state index contributed by atoms with van der Waals surface area (Å²) < 4.78 is 0. The molecule has 2 saturated heterocycles. The summed E-state index contributed by atoms with van der Waals surface area (Å²) in [6.45, 7) is 3.98. The van der Waals surface area contributed by atoms with Crippen molar-refractivity contribution in [1.29, 1.82) is 0 Å². The minimum atomic E-state index is -0.734. The minimum Gasteiger partial charge on any atom is -0.372 e. The van der Waals surface area contributed by atoms with Crippen LogP contribution in [0.15, 0.2) is 54.1 Å². The van der Waals surface area contributed by atoms with E-state index in [0.717, 1.165) is 34.8 Å². The number of barbiturate groups is 1. The lowest BCUT2D eigenvalue weighted by Crippen LogP contribution is -2.54. The summed E-state index contributed by atoms with van der Waals surface area (Å²) in [6.07, 6.45) is 3.92. The van der Waals surface area contributed by atoms with E-state index in [1.807, 2.05) is 37.3 Å². The van der Waals surface area contributed by atoms with Gasteiger partial charge in [0.15, 0.2) is 0 Å². The monoisotopic (exact) mass is 375 g/mol. The molecule has 0 unspecified atom stereocenters. The number of hydrogen-bond acceptors (Lipinski definition) is 4. The van der Waals surface area contributed by atoms with Crippen LogP contribution in [-0.2, 0) is 9.59 Å². The molecular formula is C22H21N3O3. The summed E-state index contributed by atoms with van der Waals surface area (Å²) in [5, 5.41) is 2.25. The molecule has 0 aromatic heterocycles. The Kier molecular flexibility index (Phi) is 4.69. The summed E-state index contributed by atoms with van der Waals surface area (Å²) in [4.78, 5) is 40.8. The Morgan fingerprint density at radius 1 is 0.929 bits per heavy atom. The highest BCUT2D eigenvalue weighted by Crippen LogP contribution is 2.24. The van der Waals surface area contributed by atoms with Crippen molar-refractivity contribution in [2.75, 3.05) is 22.9 Å². The Balaban J connectivity index is 1.63. The average Bonchev–Trinajstić information content (AvgIpc) is 3.20. The fraction of sp³-hybridized carbons (Fsp3) is 0.227. The van der Waals surface area contributed by atoms with E-state index < -0.39 is 17.8 Å². The van der Waals surface area contributed by atoms with Crippen molar-refractivity contribution in [2.24, 2.45) is 0 Å². The molecule has 28 heavy (non-hydrogen) atoms. The summed E-state index contributed by atoms with van der Waals surface area (Å²) in [6, 6.07) is 14.1. The minimum absolute atomic E-state index is 0.0602.